The first-order valence-corrected chi connectivity index (χ1v) is 7.47. The summed E-state index contributed by atoms with van der Waals surface area (Å²) in [5.74, 6) is 2.57. The van der Waals surface area contributed by atoms with Gasteiger partial charge in [0.1, 0.15) is 11.7 Å². The molecule has 0 atom stereocenters. The summed E-state index contributed by atoms with van der Waals surface area (Å²) in [5.41, 5.74) is 8.61. The zero-order chi connectivity index (χ0) is 14.9. The summed E-state index contributed by atoms with van der Waals surface area (Å²) in [6.45, 7) is 10.6. The first kappa shape index (κ1) is 14.8. The van der Waals surface area contributed by atoms with E-state index in [2.05, 4.69) is 23.7 Å². The lowest BCUT2D eigenvalue weighted by atomic mass is 9.86. The number of nitrogens with one attached hydrogen (secondary N) is 1. The molecule has 1 aromatic rings. The van der Waals surface area contributed by atoms with Crippen molar-refractivity contribution in [3.05, 3.63) is 22.9 Å². The second-order valence-electron chi connectivity index (χ2n) is 6.26. The first-order chi connectivity index (χ1) is 9.40. The van der Waals surface area contributed by atoms with E-state index in [1.807, 2.05) is 19.9 Å². The highest BCUT2D eigenvalue weighted by Crippen LogP contribution is 2.29. The Kier molecular flexibility index (Phi) is 4.31. The predicted octanol–water partition coefficient (Wildman–Crippen LogP) is 2.85. The quantitative estimate of drug-likeness (QED) is 0.658. The summed E-state index contributed by atoms with van der Waals surface area (Å²) >= 11 is 0. The predicted molar refractivity (Wildman–Crippen MR) is 84.5 cm³/mol. The van der Waals surface area contributed by atoms with E-state index in [1.54, 1.807) is 0 Å². The number of nitrogens with zero attached hydrogens (tertiary/aromatic N) is 2. The maximum Gasteiger partial charge on any atom is 0.140 e. The molecular formula is C16H26N4. The number of aromatic nitrogens is 1. The third-order valence-electron chi connectivity index (χ3n) is 4.38. The van der Waals surface area contributed by atoms with Gasteiger partial charge in [-0.25, -0.2) is 4.98 Å². The molecule has 0 saturated carbocycles. The normalized spacial score (nSPS) is 16.8. The van der Waals surface area contributed by atoms with Crippen molar-refractivity contribution in [2.75, 3.05) is 18.0 Å². The van der Waals surface area contributed by atoms with Gasteiger partial charge in [0.15, 0.2) is 0 Å². The van der Waals surface area contributed by atoms with Gasteiger partial charge in [-0.15, -0.1) is 0 Å². The number of nitrogens with two attached hydrogens (primary N) is 1. The molecule has 0 radical (unpaired) electrons. The molecule has 2 rings (SSSR count). The van der Waals surface area contributed by atoms with Crippen molar-refractivity contribution in [1.82, 2.24) is 4.98 Å². The Morgan fingerprint density at radius 2 is 1.95 bits per heavy atom. The van der Waals surface area contributed by atoms with Gasteiger partial charge < -0.3 is 10.6 Å². The van der Waals surface area contributed by atoms with Gasteiger partial charge in [0, 0.05) is 18.8 Å². The van der Waals surface area contributed by atoms with Gasteiger partial charge in [-0.05, 0) is 50.2 Å². The summed E-state index contributed by atoms with van der Waals surface area (Å²) in [5, 5.41) is 7.83. The van der Waals surface area contributed by atoms with Crippen molar-refractivity contribution >= 4 is 11.7 Å². The van der Waals surface area contributed by atoms with Crippen LogP contribution in [0.4, 0.5) is 5.82 Å². The molecule has 4 nitrogen and oxygen atoms in total. The number of amidine groups is 1. The fraction of sp³-hybridized carbons (Fsp3) is 0.625. The van der Waals surface area contributed by atoms with Crippen molar-refractivity contribution in [3.8, 4) is 0 Å². The van der Waals surface area contributed by atoms with Gasteiger partial charge in [0.05, 0.1) is 5.56 Å². The lowest BCUT2D eigenvalue weighted by molar-refractivity contribution is 0.310. The van der Waals surface area contributed by atoms with Crippen LogP contribution in [0.1, 0.15) is 43.5 Å². The monoisotopic (exact) mass is 274 g/mol. The second-order valence-corrected chi connectivity index (χ2v) is 6.26. The standard InChI is InChI=1S/C16H26N4/c1-10(2)13-5-7-20(8-6-13)16-14(15(17)18)11(3)9-12(4)19-16/h9-10,13H,5-8H2,1-4H3,(H3,17,18). The molecule has 1 saturated heterocycles. The molecule has 1 aliphatic rings. The SMILES string of the molecule is Cc1cc(C)c(C(=N)N)c(N2CCC(C(C)C)CC2)n1. The molecule has 20 heavy (non-hydrogen) atoms. The lowest BCUT2D eigenvalue weighted by Crippen LogP contribution is -2.37. The van der Waals surface area contributed by atoms with Gasteiger partial charge in [-0.3, -0.25) is 5.41 Å². The van der Waals surface area contributed by atoms with E-state index in [0.717, 1.165) is 47.6 Å². The third-order valence-corrected chi connectivity index (χ3v) is 4.38. The topological polar surface area (TPSA) is 66.0 Å². The average molecular weight is 274 g/mol. The zero-order valence-electron chi connectivity index (χ0n) is 13.0. The molecule has 1 aliphatic heterocycles. The Hall–Kier alpha value is -1.58. The summed E-state index contributed by atoms with van der Waals surface area (Å²) in [4.78, 5) is 6.96. The van der Waals surface area contributed by atoms with Gasteiger partial charge >= 0.3 is 0 Å². The number of aryl methyl sites for hydroxylation is 2. The second kappa shape index (κ2) is 5.81. The van der Waals surface area contributed by atoms with Gasteiger partial charge in [-0.1, -0.05) is 13.8 Å². The maximum absolute atomic E-state index is 7.83. The molecule has 3 N–H and O–H groups in total. The van der Waals surface area contributed by atoms with Gasteiger partial charge in [0.2, 0.25) is 0 Å². The molecule has 4 heteroatoms. The molecule has 2 heterocycles. The molecular weight excluding hydrogens is 248 g/mol. The average Bonchev–Trinajstić information content (AvgIpc) is 2.37. The largest absolute Gasteiger partial charge is 0.384 e. The van der Waals surface area contributed by atoms with Crippen LogP contribution in [0.3, 0.4) is 0 Å². The number of pyridine rings is 1. The van der Waals surface area contributed by atoms with Crippen LogP contribution in [0, 0.1) is 31.1 Å². The minimum Gasteiger partial charge on any atom is -0.384 e. The van der Waals surface area contributed by atoms with E-state index in [1.165, 1.54) is 12.8 Å². The Morgan fingerprint density at radius 1 is 1.35 bits per heavy atom. The molecule has 0 unspecified atom stereocenters. The van der Waals surface area contributed by atoms with Crippen LogP contribution >= 0.6 is 0 Å². The van der Waals surface area contributed by atoms with Crippen LogP contribution in [0.2, 0.25) is 0 Å². The minimum absolute atomic E-state index is 0.121. The van der Waals surface area contributed by atoms with Crippen LogP contribution in [-0.2, 0) is 0 Å². The van der Waals surface area contributed by atoms with Gasteiger partial charge in [0.25, 0.3) is 0 Å². The molecule has 1 fully saturated rings. The van der Waals surface area contributed by atoms with Gasteiger partial charge in [-0.2, -0.15) is 0 Å². The highest BCUT2D eigenvalue weighted by Gasteiger charge is 2.25. The van der Waals surface area contributed by atoms with Crippen molar-refractivity contribution < 1.29 is 0 Å². The van der Waals surface area contributed by atoms with Crippen molar-refractivity contribution in [1.29, 1.82) is 5.41 Å². The Labute approximate surface area is 121 Å². The third kappa shape index (κ3) is 2.94. The number of anilines is 1. The molecule has 1 aromatic heterocycles. The Bertz CT molecular complexity index is 499. The van der Waals surface area contributed by atoms with E-state index >= 15 is 0 Å². The van der Waals surface area contributed by atoms with Crippen LogP contribution in [0.15, 0.2) is 6.07 Å². The highest BCUT2D eigenvalue weighted by atomic mass is 15.2. The number of piperidine rings is 1. The van der Waals surface area contributed by atoms with E-state index in [0.29, 0.717) is 0 Å². The molecule has 0 aromatic carbocycles. The number of nitrogen functional groups attached to an aromatic ring is 1. The molecule has 0 aliphatic carbocycles. The first-order valence-electron chi connectivity index (χ1n) is 7.47. The summed E-state index contributed by atoms with van der Waals surface area (Å²) in [6.07, 6.45) is 2.40. The highest BCUT2D eigenvalue weighted by molar-refractivity contribution is 6.01. The number of hydrogen-bond acceptors (Lipinski definition) is 3. The smallest absolute Gasteiger partial charge is 0.140 e. The Balaban J connectivity index is 2.27. The van der Waals surface area contributed by atoms with Crippen LogP contribution < -0.4 is 10.6 Å². The van der Waals surface area contributed by atoms with Crippen molar-refractivity contribution in [2.24, 2.45) is 17.6 Å². The van der Waals surface area contributed by atoms with Crippen molar-refractivity contribution in [2.45, 2.75) is 40.5 Å². The lowest BCUT2D eigenvalue weighted by Gasteiger charge is -2.35. The van der Waals surface area contributed by atoms with E-state index in [9.17, 15) is 0 Å². The molecule has 0 bridgehead atoms. The summed E-state index contributed by atoms with van der Waals surface area (Å²) in [7, 11) is 0. The van der Waals surface area contributed by atoms with E-state index in [4.69, 9.17) is 11.1 Å². The summed E-state index contributed by atoms with van der Waals surface area (Å²) < 4.78 is 0. The Morgan fingerprint density at radius 3 is 2.45 bits per heavy atom. The van der Waals surface area contributed by atoms with E-state index < -0.39 is 0 Å². The molecule has 0 amide bonds. The van der Waals surface area contributed by atoms with Crippen molar-refractivity contribution in [3.63, 3.8) is 0 Å². The van der Waals surface area contributed by atoms with Crippen LogP contribution in [0.5, 0.6) is 0 Å². The fourth-order valence-corrected chi connectivity index (χ4v) is 3.16. The molecule has 0 spiro atoms. The van der Waals surface area contributed by atoms with Crippen LogP contribution in [0.25, 0.3) is 0 Å². The van der Waals surface area contributed by atoms with E-state index in [-0.39, 0.29) is 5.84 Å². The maximum atomic E-state index is 7.83. The molecule has 110 valence electrons. The minimum atomic E-state index is 0.121. The summed E-state index contributed by atoms with van der Waals surface area (Å²) in [6, 6.07) is 2.00. The van der Waals surface area contributed by atoms with Crippen LogP contribution in [-0.4, -0.2) is 23.9 Å². The number of rotatable bonds is 3. The fourth-order valence-electron chi connectivity index (χ4n) is 3.16. The number of hydrogen-bond donors (Lipinski definition) is 2. The zero-order valence-corrected chi connectivity index (χ0v) is 13.0.